The maximum absolute atomic E-state index is 12.5. The largest absolute Gasteiger partial charge is 0.355 e. The van der Waals surface area contributed by atoms with Gasteiger partial charge in [-0.1, -0.05) is 6.92 Å². The molecule has 124 valence electrons. The van der Waals surface area contributed by atoms with Gasteiger partial charge in [-0.05, 0) is 44.7 Å². The molecule has 22 heavy (non-hydrogen) atoms. The number of nitrogens with one attached hydrogen (secondary N) is 2. The molecule has 0 bridgehead atoms. The SMILES string of the molecule is CCn1cnnc1CCNC(=O)C1(C)CC12CCNCC2.Cl. The van der Waals surface area contributed by atoms with Crippen LogP contribution >= 0.6 is 12.4 Å². The molecule has 1 saturated heterocycles. The molecule has 2 fully saturated rings. The fourth-order valence-corrected chi connectivity index (χ4v) is 3.81. The Bertz CT molecular complexity index is 526. The van der Waals surface area contributed by atoms with E-state index >= 15 is 0 Å². The quantitative estimate of drug-likeness (QED) is 0.851. The number of hydrogen-bond donors (Lipinski definition) is 2. The van der Waals surface area contributed by atoms with Gasteiger partial charge in [0.05, 0.1) is 5.41 Å². The van der Waals surface area contributed by atoms with Gasteiger partial charge in [-0.25, -0.2) is 0 Å². The van der Waals surface area contributed by atoms with Crippen LogP contribution in [0.25, 0.3) is 0 Å². The van der Waals surface area contributed by atoms with Crippen LogP contribution in [0.15, 0.2) is 6.33 Å². The molecule has 2 aliphatic rings. The molecule has 3 rings (SSSR count). The Kier molecular flexibility index (Phi) is 5.12. The summed E-state index contributed by atoms with van der Waals surface area (Å²) in [5.74, 6) is 1.15. The average Bonchev–Trinajstić information content (AvgIpc) is 2.87. The van der Waals surface area contributed by atoms with Gasteiger partial charge in [0.1, 0.15) is 12.2 Å². The van der Waals surface area contributed by atoms with Crippen molar-refractivity contribution < 1.29 is 4.79 Å². The van der Waals surface area contributed by atoms with E-state index in [0.29, 0.717) is 6.54 Å². The highest BCUT2D eigenvalue weighted by Gasteiger charge is 2.67. The minimum Gasteiger partial charge on any atom is -0.355 e. The number of amides is 1. The van der Waals surface area contributed by atoms with Crippen molar-refractivity contribution in [3.05, 3.63) is 12.2 Å². The summed E-state index contributed by atoms with van der Waals surface area (Å²) in [6.07, 6.45) is 5.77. The van der Waals surface area contributed by atoms with Crippen LogP contribution in [0.5, 0.6) is 0 Å². The highest BCUT2D eigenvalue weighted by molar-refractivity contribution is 5.86. The number of piperidine rings is 1. The number of hydrogen-bond acceptors (Lipinski definition) is 4. The zero-order valence-electron chi connectivity index (χ0n) is 13.4. The zero-order chi connectivity index (χ0) is 14.9. The van der Waals surface area contributed by atoms with Gasteiger partial charge in [0, 0.05) is 19.5 Å². The Hall–Kier alpha value is -1.14. The lowest BCUT2D eigenvalue weighted by Crippen LogP contribution is -2.39. The van der Waals surface area contributed by atoms with Crippen molar-refractivity contribution in [2.45, 2.75) is 46.1 Å². The lowest BCUT2D eigenvalue weighted by molar-refractivity contribution is -0.127. The van der Waals surface area contributed by atoms with Crippen LogP contribution in [0.4, 0.5) is 0 Å². The van der Waals surface area contributed by atoms with Crippen LogP contribution in [0.1, 0.15) is 38.9 Å². The Labute approximate surface area is 137 Å². The third kappa shape index (κ3) is 2.86. The number of aryl methyl sites for hydroxylation is 1. The molecule has 1 aromatic heterocycles. The maximum atomic E-state index is 12.5. The van der Waals surface area contributed by atoms with Crippen LogP contribution < -0.4 is 10.6 Å². The van der Waals surface area contributed by atoms with Gasteiger partial charge in [0.25, 0.3) is 0 Å². The highest BCUT2D eigenvalue weighted by atomic mass is 35.5. The fraction of sp³-hybridized carbons (Fsp3) is 0.800. The van der Waals surface area contributed by atoms with Gasteiger partial charge in [-0.2, -0.15) is 0 Å². The molecular formula is C15H26ClN5O. The van der Waals surface area contributed by atoms with Gasteiger partial charge in [0.2, 0.25) is 5.91 Å². The lowest BCUT2D eigenvalue weighted by atomic mass is 9.85. The predicted octanol–water partition coefficient (Wildman–Crippen LogP) is 1.16. The molecule has 1 aromatic rings. The first-order chi connectivity index (χ1) is 10.1. The molecule has 2 heterocycles. The van der Waals surface area contributed by atoms with Crippen LogP contribution in [0.3, 0.4) is 0 Å². The van der Waals surface area contributed by atoms with E-state index in [1.54, 1.807) is 6.33 Å². The maximum Gasteiger partial charge on any atom is 0.226 e. The molecular weight excluding hydrogens is 302 g/mol. The van der Waals surface area contributed by atoms with Crippen LogP contribution in [-0.4, -0.2) is 40.3 Å². The van der Waals surface area contributed by atoms with Crippen LogP contribution in [0, 0.1) is 10.8 Å². The van der Waals surface area contributed by atoms with E-state index in [1.807, 2.05) is 4.57 Å². The number of carbonyl (C=O) groups excluding carboxylic acids is 1. The van der Waals surface area contributed by atoms with E-state index in [4.69, 9.17) is 0 Å². The van der Waals surface area contributed by atoms with Crippen molar-refractivity contribution in [2.75, 3.05) is 19.6 Å². The average molecular weight is 328 g/mol. The molecule has 0 aromatic carbocycles. The normalized spacial score (nSPS) is 25.5. The Balaban J connectivity index is 0.00000176. The van der Waals surface area contributed by atoms with Gasteiger partial charge in [-0.15, -0.1) is 22.6 Å². The van der Waals surface area contributed by atoms with Crippen molar-refractivity contribution in [1.82, 2.24) is 25.4 Å². The molecule has 2 N–H and O–H groups in total. The van der Waals surface area contributed by atoms with E-state index in [2.05, 4.69) is 34.7 Å². The second kappa shape index (κ2) is 6.54. The van der Waals surface area contributed by atoms with Crippen molar-refractivity contribution in [2.24, 2.45) is 10.8 Å². The second-order valence-electron chi connectivity index (χ2n) is 6.58. The van der Waals surface area contributed by atoms with Crippen molar-refractivity contribution in [3.63, 3.8) is 0 Å². The summed E-state index contributed by atoms with van der Waals surface area (Å²) in [4.78, 5) is 12.5. The van der Waals surface area contributed by atoms with Crippen LogP contribution in [-0.2, 0) is 17.8 Å². The molecule has 1 saturated carbocycles. The predicted molar refractivity (Wildman–Crippen MR) is 86.9 cm³/mol. The summed E-state index contributed by atoms with van der Waals surface area (Å²) >= 11 is 0. The summed E-state index contributed by atoms with van der Waals surface area (Å²) in [6.45, 7) is 7.79. The summed E-state index contributed by atoms with van der Waals surface area (Å²) in [5, 5.41) is 14.5. The standard InChI is InChI=1S/C15H25N5O.ClH/c1-3-20-11-18-19-12(20)4-7-17-13(21)14(2)10-15(14)5-8-16-9-6-15;/h11,16H,3-10H2,1-2H3,(H,17,21);1H. The topological polar surface area (TPSA) is 71.8 Å². The molecule has 1 unspecified atom stereocenters. The van der Waals surface area contributed by atoms with Crippen molar-refractivity contribution >= 4 is 18.3 Å². The van der Waals surface area contributed by atoms with Gasteiger partial charge in [0.15, 0.2) is 0 Å². The minimum atomic E-state index is -0.159. The number of nitrogens with zero attached hydrogens (tertiary/aromatic N) is 3. The molecule has 7 heteroatoms. The van der Waals surface area contributed by atoms with E-state index in [1.165, 1.54) is 0 Å². The minimum absolute atomic E-state index is 0. The number of rotatable bonds is 5. The number of carbonyl (C=O) groups is 1. The van der Waals surface area contributed by atoms with Crippen LogP contribution in [0.2, 0.25) is 0 Å². The highest BCUT2D eigenvalue weighted by Crippen LogP contribution is 2.68. The third-order valence-corrected chi connectivity index (χ3v) is 5.47. The first kappa shape index (κ1) is 17.2. The summed E-state index contributed by atoms with van der Waals surface area (Å²) in [7, 11) is 0. The number of halogens is 1. The smallest absolute Gasteiger partial charge is 0.226 e. The molecule has 6 nitrogen and oxygen atoms in total. The first-order valence-corrected chi connectivity index (χ1v) is 7.97. The van der Waals surface area contributed by atoms with E-state index < -0.39 is 0 Å². The van der Waals surface area contributed by atoms with Gasteiger partial charge in [-0.3, -0.25) is 4.79 Å². The molecule has 1 atom stereocenters. The number of aromatic nitrogens is 3. The molecule has 1 aliphatic heterocycles. The Morgan fingerprint density at radius 3 is 2.86 bits per heavy atom. The molecule has 0 radical (unpaired) electrons. The summed E-state index contributed by atoms with van der Waals surface area (Å²) in [6, 6.07) is 0. The second-order valence-corrected chi connectivity index (χ2v) is 6.58. The lowest BCUT2D eigenvalue weighted by Gasteiger charge is -2.27. The molecule has 1 amide bonds. The monoisotopic (exact) mass is 327 g/mol. The Morgan fingerprint density at radius 1 is 1.45 bits per heavy atom. The summed E-state index contributed by atoms with van der Waals surface area (Å²) in [5.41, 5.74) is 0.0965. The Morgan fingerprint density at radius 2 is 2.18 bits per heavy atom. The summed E-state index contributed by atoms with van der Waals surface area (Å²) < 4.78 is 2.01. The van der Waals surface area contributed by atoms with Gasteiger partial charge < -0.3 is 15.2 Å². The van der Waals surface area contributed by atoms with E-state index in [-0.39, 0.29) is 29.1 Å². The van der Waals surface area contributed by atoms with Crippen molar-refractivity contribution in [1.29, 1.82) is 0 Å². The van der Waals surface area contributed by atoms with Gasteiger partial charge >= 0.3 is 0 Å². The van der Waals surface area contributed by atoms with E-state index in [0.717, 1.165) is 51.1 Å². The molecule has 1 aliphatic carbocycles. The third-order valence-electron chi connectivity index (χ3n) is 5.47. The van der Waals surface area contributed by atoms with E-state index in [9.17, 15) is 4.79 Å². The molecule has 1 spiro atoms. The first-order valence-electron chi connectivity index (χ1n) is 7.97. The zero-order valence-corrected chi connectivity index (χ0v) is 14.2. The van der Waals surface area contributed by atoms with Crippen molar-refractivity contribution in [3.8, 4) is 0 Å². The fourth-order valence-electron chi connectivity index (χ4n) is 3.81.